The van der Waals surface area contributed by atoms with E-state index in [9.17, 15) is 9.59 Å². The molecule has 0 saturated heterocycles. The lowest BCUT2D eigenvalue weighted by Gasteiger charge is -2.07. The second kappa shape index (κ2) is 16.2. The standard InChI is InChI=1S/C11H20O2.C7H12O4/c1-4-6-7-8-9-13-11(12)10(3)5-2;1-5(2)7(10)11-4-6(9)3-8/h3-9H2,1-2H3;6,8-9H,1,3-4H2,2H3. The third kappa shape index (κ3) is 15.2. The number of ether oxygens (including phenoxy) is 2. The summed E-state index contributed by atoms with van der Waals surface area (Å²) in [7, 11) is 0. The van der Waals surface area contributed by atoms with Crippen molar-refractivity contribution in [3.8, 4) is 0 Å². The van der Waals surface area contributed by atoms with Gasteiger partial charge in [-0.15, -0.1) is 0 Å². The Morgan fingerprint density at radius 3 is 2.12 bits per heavy atom. The molecular weight excluding hydrogens is 312 g/mol. The maximum atomic E-state index is 11.1. The monoisotopic (exact) mass is 344 g/mol. The molecule has 0 bridgehead atoms. The van der Waals surface area contributed by atoms with Crippen molar-refractivity contribution >= 4 is 11.9 Å². The van der Waals surface area contributed by atoms with Gasteiger partial charge < -0.3 is 19.7 Å². The summed E-state index contributed by atoms with van der Waals surface area (Å²) in [5.74, 6) is -0.795. The summed E-state index contributed by atoms with van der Waals surface area (Å²) in [6.45, 7) is 12.5. The first-order valence-corrected chi connectivity index (χ1v) is 8.26. The molecule has 140 valence electrons. The zero-order valence-corrected chi connectivity index (χ0v) is 15.2. The Morgan fingerprint density at radius 2 is 1.67 bits per heavy atom. The van der Waals surface area contributed by atoms with Crippen molar-refractivity contribution in [3.63, 3.8) is 0 Å². The molecule has 0 aliphatic rings. The summed E-state index contributed by atoms with van der Waals surface area (Å²) in [5.41, 5.74) is 0.839. The quantitative estimate of drug-likeness (QED) is 0.340. The first-order chi connectivity index (χ1) is 11.3. The number of aliphatic hydroxyl groups excluding tert-OH is 2. The largest absolute Gasteiger partial charge is 0.462 e. The van der Waals surface area contributed by atoms with Crippen molar-refractivity contribution in [1.29, 1.82) is 0 Å². The van der Waals surface area contributed by atoms with Crippen molar-refractivity contribution in [2.75, 3.05) is 19.8 Å². The van der Waals surface area contributed by atoms with Gasteiger partial charge in [0, 0.05) is 11.1 Å². The van der Waals surface area contributed by atoms with Crippen LogP contribution in [-0.4, -0.2) is 48.1 Å². The minimum atomic E-state index is -1.00. The molecular formula is C18H32O6. The molecule has 0 aromatic carbocycles. The molecule has 0 aliphatic carbocycles. The maximum Gasteiger partial charge on any atom is 0.333 e. The summed E-state index contributed by atoms with van der Waals surface area (Å²) in [6, 6.07) is 0. The Hall–Kier alpha value is -1.66. The predicted molar refractivity (Wildman–Crippen MR) is 93.4 cm³/mol. The van der Waals surface area contributed by atoms with Gasteiger partial charge in [0.15, 0.2) is 0 Å². The molecule has 0 rings (SSSR count). The van der Waals surface area contributed by atoms with Crippen LogP contribution in [0.15, 0.2) is 24.3 Å². The minimum absolute atomic E-state index is 0.192. The highest BCUT2D eigenvalue weighted by Crippen LogP contribution is 2.03. The lowest BCUT2D eigenvalue weighted by molar-refractivity contribution is -0.142. The van der Waals surface area contributed by atoms with Gasteiger partial charge in [0.05, 0.1) is 13.2 Å². The van der Waals surface area contributed by atoms with Crippen molar-refractivity contribution in [3.05, 3.63) is 24.3 Å². The highest BCUT2D eigenvalue weighted by Gasteiger charge is 2.07. The van der Waals surface area contributed by atoms with Crippen molar-refractivity contribution in [2.45, 2.75) is 59.0 Å². The Bertz CT molecular complexity index is 389. The molecule has 0 saturated carbocycles. The molecule has 0 aliphatic heterocycles. The molecule has 0 heterocycles. The molecule has 0 radical (unpaired) electrons. The SMILES string of the molecule is C=C(C)C(=O)OCC(O)CO.C=C(CC)C(=O)OCCCCCC. The summed E-state index contributed by atoms with van der Waals surface area (Å²) < 4.78 is 9.51. The molecule has 1 unspecified atom stereocenters. The Balaban J connectivity index is 0. The average Bonchev–Trinajstić information content (AvgIpc) is 2.58. The van der Waals surface area contributed by atoms with Gasteiger partial charge in [-0.05, 0) is 19.8 Å². The van der Waals surface area contributed by atoms with Crippen LogP contribution in [0.25, 0.3) is 0 Å². The molecule has 0 fully saturated rings. The van der Waals surface area contributed by atoms with Crippen LogP contribution < -0.4 is 0 Å². The third-order valence-electron chi connectivity index (χ3n) is 2.91. The molecule has 24 heavy (non-hydrogen) atoms. The fraction of sp³-hybridized carbons (Fsp3) is 0.667. The van der Waals surface area contributed by atoms with E-state index in [0.29, 0.717) is 18.6 Å². The maximum absolute atomic E-state index is 11.1. The van der Waals surface area contributed by atoms with E-state index in [4.69, 9.17) is 14.9 Å². The van der Waals surface area contributed by atoms with Crippen molar-refractivity contribution in [2.24, 2.45) is 0 Å². The highest BCUT2D eigenvalue weighted by molar-refractivity contribution is 5.87. The second-order valence-electron chi connectivity index (χ2n) is 5.37. The zero-order valence-electron chi connectivity index (χ0n) is 15.2. The van der Waals surface area contributed by atoms with Crippen LogP contribution in [-0.2, 0) is 19.1 Å². The van der Waals surface area contributed by atoms with E-state index < -0.39 is 18.7 Å². The van der Waals surface area contributed by atoms with Gasteiger partial charge in [0.25, 0.3) is 0 Å². The van der Waals surface area contributed by atoms with Gasteiger partial charge >= 0.3 is 11.9 Å². The first-order valence-electron chi connectivity index (χ1n) is 8.26. The third-order valence-corrected chi connectivity index (χ3v) is 2.91. The van der Waals surface area contributed by atoms with Gasteiger partial charge in [-0.3, -0.25) is 0 Å². The molecule has 0 aromatic heterocycles. The zero-order chi connectivity index (χ0) is 19.0. The normalized spacial score (nSPS) is 10.9. The van der Waals surface area contributed by atoms with Crippen LogP contribution in [0, 0.1) is 0 Å². The number of aliphatic hydroxyl groups is 2. The van der Waals surface area contributed by atoms with E-state index in [1.807, 2.05) is 6.92 Å². The summed E-state index contributed by atoms with van der Waals surface area (Å²) in [5, 5.41) is 17.1. The van der Waals surface area contributed by atoms with Crippen LogP contribution >= 0.6 is 0 Å². The number of hydrogen-bond acceptors (Lipinski definition) is 6. The summed E-state index contributed by atoms with van der Waals surface area (Å²) in [6.07, 6.45) is 4.20. The number of esters is 2. The lowest BCUT2D eigenvalue weighted by atomic mass is 10.2. The Labute approximate surface area is 145 Å². The molecule has 0 amide bonds. The predicted octanol–water partition coefficient (Wildman–Crippen LogP) is 2.54. The van der Waals surface area contributed by atoms with E-state index in [2.05, 4.69) is 24.8 Å². The van der Waals surface area contributed by atoms with E-state index in [-0.39, 0.29) is 18.1 Å². The van der Waals surface area contributed by atoms with Gasteiger partial charge in [0.2, 0.25) is 0 Å². The van der Waals surface area contributed by atoms with Crippen LogP contribution in [0.1, 0.15) is 52.9 Å². The highest BCUT2D eigenvalue weighted by atomic mass is 16.5. The van der Waals surface area contributed by atoms with Crippen LogP contribution in [0.3, 0.4) is 0 Å². The van der Waals surface area contributed by atoms with E-state index in [1.165, 1.54) is 19.8 Å². The number of rotatable bonds is 11. The molecule has 0 aromatic rings. The lowest BCUT2D eigenvalue weighted by Crippen LogP contribution is -2.22. The smallest absolute Gasteiger partial charge is 0.333 e. The second-order valence-corrected chi connectivity index (χ2v) is 5.37. The van der Waals surface area contributed by atoms with E-state index in [0.717, 1.165) is 12.8 Å². The topological polar surface area (TPSA) is 93.1 Å². The molecule has 1 atom stereocenters. The number of unbranched alkanes of at least 4 members (excludes halogenated alkanes) is 3. The average molecular weight is 344 g/mol. The fourth-order valence-corrected chi connectivity index (χ4v) is 1.29. The van der Waals surface area contributed by atoms with Crippen LogP contribution in [0.4, 0.5) is 0 Å². The minimum Gasteiger partial charge on any atom is -0.462 e. The Kier molecular flexibility index (Phi) is 16.6. The number of carbonyl (C=O) groups excluding carboxylic acids is 2. The van der Waals surface area contributed by atoms with Crippen LogP contribution in [0.2, 0.25) is 0 Å². The Morgan fingerprint density at radius 1 is 1.04 bits per heavy atom. The molecule has 6 nitrogen and oxygen atoms in total. The van der Waals surface area contributed by atoms with Gasteiger partial charge in [-0.25, -0.2) is 9.59 Å². The molecule has 6 heteroatoms. The van der Waals surface area contributed by atoms with Crippen molar-refractivity contribution in [1.82, 2.24) is 0 Å². The van der Waals surface area contributed by atoms with Gasteiger partial charge in [-0.1, -0.05) is 46.3 Å². The summed E-state index contributed by atoms with van der Waals surface area (Å²) >= 11 is 0. The number of carbonyl (C=O) groups is 2. The summed E-state index contributed by atoms with van der Waals surface area (Å²) in [4.78, 5) is 21.7. The van der Waals surface area contributed by atoms with Gasteiger partial charge in [-0.2, -0.15) is 0 Å². The number of hydrogen-bond donors (Lipinski definition) is 2. The van der Waals surface area contributed by atoms with Crippen LogP contribution in [0.5, 0.6) is 0 Å². The van der Waals surface area contributed by atoms with Gasteiger partial charge in [0.1, 0.15) is 12.7 Å². The van der Waals surface area contributed by atoms with E-state index in [1.54, 1.807) is 0 Å². The molecule has 2 N–H and O–H groups in total. The first kappa shape index (κ1) is 24.6. The van der Waals surface area contributed by atoms with E-state index >= 15 is 0 Å². The van der Waals surface area contributed by atoms with Crippen molar-refractivity contribution < 1.29 is 29.3 Å². The molecule has 0 spiro atoms. The fourth-order valence-electron chi connectivity index (χ4n) is 1.29.